The predicted octanol–water partition coefficient (Wildman–Crippen LogP) is 21.1. The zero-order valence-electron chi connectivity index (χ0n) is 59.9. The number of hydrogen-bond acceptors (Lipinski definition) is 6. The van der Waals surface area contributed by atoms with Gasteiger partial charge in [0.2, 0.25) is 0 Å². The first-order chi connectivity index (χ1) is 45.1. The van der Waals surface area contributed by atoms with Gasteiger partial charge in [-0.2, -0.15) is 5.10 Å². The second kappa shape index (κ2) is 31.4. The molecule has 11 aromatic rings. The van der Waals surface area contributed by atoms with E-state index < -0.39 is 7.12 Å². The minimum atomic E-state index is -1.37. The van der Waals surface area contributed by atoms with Crippen molar-refractivity contribution in [2.45, 2.75) is 183 Å². The molecule has 499 valence electrons. The van der Waals surface area contributed by atoms with Gasteiger partial charge in [-0.15, -0.1) is 50.7 Å². The summed E-state index contributed by atoms with van der Waals surface area (Å²) in [6.07, 6.45) is 6.72. The molecule has 0 spiro atoms. The van der Waals surface area contributed by atoms with Crippen LogP contribution in [-0.4, -0.2) is 46.7 Å². The normalized spacial score (nSPS) is 11.9. The fourth-order valence-corrected chi connectivity index (χ4v) is 12.3. The van der Waals surface area contributed by atoms with Gasteiger partial charge in [-0.25, -0.2) is 0 Å². The molecular formula is C86H100BIrN6O2-. The van der Waals surface area contributed by atoms with E-state index in [1.807, 2.05) is 18.2 Å². The molecule has 0 aliphatic carbocycles. The fourth-order valence-electron chi connectivity index (χ4n) is 12.3. The van der Waals surface area contributed by atoms with Crippen LogP contribution in [0.2, 0.25) is 0 Å². The summed E-state index contributed by atoms with van der Waals surface area (Å²) in [4.78, 5) is 0. The number of rotatable bonds is 17. The van der Waals surface area contributed by atoms with Crippen molar-refractivity contribution in [3.05, 3.63) is 258 Å². The third-order valence-electron chi connectivity index (χ3n) is 18.3. The number of aryl methyl sites for hydroxylation is 2. The summed E-state index contributed by atoms with van der Waals surface area (Å²) in [5.74, 6) is 3.71. The standard InChI is InChI=1S/C38H43N3.C38H42N3.C10H15BO2.Ir/c2*1-8-9-24-38(6,7)36-40-39-35(41(36)34-23-20-31(25-27(34)2)28-14-11-10-12-15-28)32-17-13-16-30(26-32)29-18-21-33(22-19-29)37(3,4)5;1-10(2,3)8-4-6-9(7-5-8)11(12)13;/h10-23,25-26H,8-9,24H2,1-7H3;10-16,18-23,25-26H,8-9,24H2,1-7H3;4-7,12-13H,1-3H3;/q;-1;;. The van der Waals surface area contributed by atoms with Crippen LogP contribution in [0.15, 0.2) is 212 Å². The Kier molecular flexibility index (Phi) is 24.1. The number of nitrogens with zero attached hydrogens (tertiary/aromatic N) is 6. The smallest absolute Gasteiger partial charge is 0.423 e. The molecule has 10 heteroatoms. The van der Waals surface area contributed by atoms with Gasteiger partial charge in [-0.05, 0) is 145 Å². The summed E-state index contributed by atoms with van der Waals surface area (Å²) in [5.41, 5.74) is 20.7. The maximum Gasteiger partial charge on any atom is 0.488 e. The summed E-state index contributed by atoms with van der Waals surface area (Å²) in [5, 5.41) is 37.1. The van der Waals surface area contributed by atoms with E-state index in [4.69, 9.17) is 30.4 Å². The van der Waals surface area contributed by atoms with Gasteiger partial charge in [0.25, 0.3) is 0 Å². The molecule has 1 radical (unpaired) electrons. The zero-order chi connectivity index (χ0) is 68.5. The molecule has 0 saturated carbocycles. The van der Waals surface area contributed by atoms with Gasteiger partial charge in [0.1, 0.15) is 11.6 Å². The molecule has 11 rings (SSSR count). The topological polar surface area (TPSA) is 102 Å². The Morgan fingerprint density at radius 2 is 0.729 bits per heavy atom. The third-order valence-corrected chi connectivity index (χ3v) is 18.3. The average Bonchev–Trinajstić information content (AvgIpc) is 1.57. The van der Waals surface area contributed by atoms with E-state index in [2.05, 4.69) is 315 Å². The van der Waals surface area contributed by atoms with Gasteiger partial charge in [0.15, 0.2) is 5.82 Å². The van der Waals surface area contributed by atoms with Crippen LogP contribution in [0.25, 0.3) is 78.7 Å². The molecule has 0 bridgehead atoms. The molecule has 9 aromatic carbocycles. The number of unbranched alkanes of at least 4 members (excludes halogenated alkanes) is 2. The van der Waals surface area contributed by atoms with E-state index in [0.717, 1.165) is 89.9 Å². The fraction of sp³-hybridized carbons (Fsp3) is 0.326. The monoisotopic (exact) mass is 1450 g/mol. The van der Waals surface area contributed by atoms with Crippen LogP contribution >= 0.6 is 0 Å². The van der Waals surface area contributed by atoms with Crippen molar-refractivity contribution in [3.8, 4) is 78.7 Å². The third kappa shape index (κ3) is 17.9. The van der Waals surface area contributed by atoms with E-state index >= 15 is 0 Å². The maximum absolute atomic E-state index is 8.87. The Morgan fingerprint density at radius 3 is 1.14 bits per heavy atom. The molecule has 2 heterocycles. The molecule has 0 atom stereocenters. The number of benzene rings is 9. The minimum Gasteiger partial charge on any atom is -0.423 e. The Bertz CT molecular complexity index is 4050. The summed E-state index contributed by atoms with van der Waals surface area (Å²) in [6, 6.07) is 78.3. The first-order valence-corrected chi connectivity index (χ1v) is 34.1. The van der Waals surface area contributed by atoms with Gasteiger partial charge in [-0.3, -0.25) is 4.57 Å². The van der Waals surface area contributed by atoms with E-state index in [1.54, 1.807) is 12.1 Å². The molecule has 8 nitrogen and oxygen atoms in total. The molecule has 0 aliphatic rings. The first-order valence-electron chi connectivity index (χ1n) is 34.1. The molecule has 0 saturated heterocycles. The molecule has 96 heavy (non-hydrogen) atoms. The molecule has 0 amide bonds. The van der Waals surface area contributed by atoms with E-state index in [9.17, 15) is 0 Å². The molecule has 2 aromatic heterocycles. The van der Waals surface area contributed by atoms with Crippen molar-refractivity contribution in [2.75, 3.05) is 0 Å². The quantitative estimate of drug-likeness (QED) is 0.0696. The number of aromatic nitrogens is 6. The Hall–Kier alpha value is -8.11. The second-order valence-corrected chi connectivity index (χ2v) is 30.0. The number of hydrogen-bond donors (Lipinski definition) is 2. The van der Waals surface area contributed by atoms with Crippen LogP contribution in [0.4, 0.5) is 0 Å². The Balaban J connectivity index is 0.000000205. The van der Waals surface area contributed by atoms with Crippen LogP contribution in [0.5, 0.6) is 0 Å². The largest absolute Gasteiger partial charge is 0.488 e. The summed E-state index contributed by atoms with van der Waals surface area (Å²) in [6.45, 7) is 37.9. The first kappa shape index (κ1) is 73.7. The zero-order valence-corrected chi connectivity index (χ0v) is 62.3. The van der Waals surface area contributed by atoms with E-state index in [-0.39, 0.29) is 47.2 Å². The molecule has 0 fully saturated rings. The van der Waals surface area contributed by atoms with Gasteiger partial charge in [0, 0.05) is 42.2 Å². The van der Waals surface area contributed by atoms with Crippen LogP contribution in [0.3, 0.4) is 0 Å². The van der Waals surface area contributed by atoms with Gasteiger partial charge >= 0.3 is 7.12 Å². The minimum absolute atomic E-state index is 0. The average molecular weight is 1450 g/mol. The molecule has 0 aliphatic heterocycles. The van der Waals surface area contributed by atoms with E-state index in [0.29, 0.717) is 5.46 Å². The predicted molar refractivity (Wildman–Crippen MR) is 401 cm³/mol. The summed E-state index contributed by atoms with van der Waals surface area (Å²) < 4.78 is 4.58. The van der Waals surface area contributed by atoms with Gasteiger partial charge < -0.3 is 14.6 Å². The van der Waals surface area contributed by atoms with Gasteiger partial charge in [-0.1, -0.05) is 293 Å². The maximum atomic E-state index is 8.87. The second-order valence-electron chi connectivity index (χ2n) is 30.0. The van der Waals surface area contributed by atoms with Crippen LogP contribution < -0.4 is 5.46 Å². The van der Waals surface area contributed by atoms with Crippen molar-refractivity contribution >= 4 is 12.6 Å². The van der Waals surface area contributed by atoms with Crippen LogP contribution in [0, 0.1) is 19.9 Å². The molecule has 0 unspecified atom stereocenters. The van der Waals surface area contributed by atoms with Crippen molar-refractivity contribution in [1.82, 2.24) is 29.5 Å². The summed E-state index contributed by atoms with van der Waals surface area (Å²) >= 11 is 0. The Morgan fingerprint density at radius 1 is 0.375 bits per heavy atom. The molecular weight excluding hydrogens is 1350 g/mol. The van der Waals surface area contributed by atoms with E-state index in [1.165, 1.54) is 66.8 Å². The van der Waals surface area contributed by atoms with Crippen molar-refractivity contribution in [3.63, 3.8) is 0 Å². The van der Waals surface area contributed by atoms with Gasteiger partial charge in [0.05, 0.1) is 11.5 Å². The van der Waals surface area contributed by atoms with Crippen LogP contribution in [-0.2, 0) is 47.2 Å². The summed E-state index contributed by atoms with van der Waals surface area (Å²) in [7, 11) is -1.37. The van der Waals surface area contributed by atoms with Crippen molar-refractivity contribution in [1.29, 1.82) is 0 Å². The molecule has 2 N–H and O–H groups in total. The Labute approximate surface area is 588 Å². The van der Waals surface area contributed by atoms with Crippen LogP contribution in [0.1, 0.15) is 182 Å². The SMILES string of the molecule is CC(C)(C)c1ccc(B(O)O)cc1.CCCCC(C)(C)c1nnc(-c2[c-]ccc(-c3ccc(C(C)(C)C)cc3)c2)n1-c1ccc(-c2ccccc2)cc1C.CCCCC(C)(C)c1nnc(-c2cccc(-c3ccc(C(C)(C)C)cc3)c2)n1-c1ccc(-c2ccccc2)cc1C.[Ir]. The van der Waals surface area contributed by atoms with Crippen molar-refractivity contribution in [2.24, 2.45) is 0 Å². The van der Waals surface area contributed by atoms with Crippen molar-refractivity contribution < 1.29 is 30.2 Å².